The Morgan fingerprint density at radius 3 is 2.81 bits per heavy atom. The van der Waals surface area contributed by atoms with E-state index >= 15 is 0 Å². The van der Waals surface area contributed by atoms with Crippen LogP contribution in [-0.4, -0.2) is 42.5 Å². The van der Waals surface area contributed by atoms with E-state index in [1.165, 1.54) is 26.4 Å². The van der Waals surface area contributed by atoms with E-state index < -0.39 is 5.91 Å². The molecule has 0 aliphatic carbocycles. The number of nitrogens with two attached hydrogens (primary N) is 1. The largest absolute Gasteiger partial charge is 0.495 e. The minimum absolute atomic E-state index is 0.0193. The minimum Gasteiger partial charge on any atom is -0.495 e. The average molecular weight is 390 g/mol. The zero-order valence-electron chi connectivity index (χ0n) is 15.3. The third kappa shape index (κ3) is 3.36. The van der Waals surface area contributed by atoms with Gasteiger partial charge in [-0.1, -0.05) is 11.6 Å². The van der Waals surface area contributed by atoms with Crippen LogP contribution in [-0.2, 0) is 20.9 Å². The summed E-state index contributed by atoms with van der Waals surface area (Å²) in [6.45, 7) is 2.43. The standard InChI is InChI=1S/C19H20ClN3O4/c1-10-17-11(8-23(10)16(25)9-26-2)7-22-19-12(4-5-15(21)24)18(20)14(27-3)6-13(17)19/h4-7,10H,8-9H2,1-3H3,(H2,21,24)/t10-/m0/s1. The van der Waals surface area contributed by atoms with Gasteiger partial charge in [0, 0.05) is 36.9 Å². The van der Waals surface area contributed by atoms with Crippen LogP contribution in [0.15, 0.2) is 18.3 Å². The summed E-state index contributed by atoms with van der Waals surface area (Å²) < 4.78 is 10.4. The summed E-state index contributed by atoms with van der Waals surface area (Å²) in [4.78, 5) is 29.8. The summed E-state index contributed by atoms with van der Waals surface area (Å²) in [6.07, 6.45) is 4.49. The van der Waals surface area contributed by atoms with E-state index in [1.54, 1.807) is 11.1 Å². The molecule has 2 N–H and O–H groups in total. The number of hydrogen-bond donors (Lipinski definition) is 1. The van der Waals surface area contributed by atoms with Crippen LogP contribution in [0.1, 0.15) is 29.7 Å². The molecule has 0 bridgehead atoms. The van der Waals surface area contributed by atoms with Gasteiger partial charge in [-0.3, -0.25) is 14.6 Å². The van der Waals surface area contributed by atoms with Crippen molar-refractivity contribution >= 4 is 40.4 Å². The molecule has 1 aliphatic heterocycles. The van der Waals surface area contributed by atoms with Crippen LogP contribution in [0, 0.1) is 0 Å². The molecule has 0 fully saturated rings. The first-order valence-corrected chi connectivity index (χ1v) is 8.70. The lowest BCUT2D eigenvalue weighted by Gasteiger charge is -2.22. The number of rotatable bonds is 5. The smallest absolute Gasteiger partial charge is 0.249 e. The molecular formula is C19H20ClN3O4. The van der Waals surface area contributed by atoms with Crippen LogP contribution < -0.4 is 10.5 Å². The van der Waals surface area contributed by atoms with Gasteiger partial charge in [-0.05, 0) is 30.2 Å². The highest BCUT2D eigenvalue weighted by Crippen LogP contribution is 2.42. The molecule has 2 aromatic rings. The van der Waals surface area contributed by atoms with Crippen LogP contribution in [0.2, 0.25) is 5.02 Å². The van der Waals surface area contributed by atoms with Crippen molar-refractivity contribution in [1.29, 1.82) is 0 Å². The summed E-state index contributed by atoms with van der Waals surface area (Å²) >= 11 is 6.43. The maximum Gasteiger partial charge on any atom is 0.249 e. The van der Waals surface area contributed by atoms with E-state index in [9.17, 15) is 9.59 Å². The highest BCUT2D eigenvalue weighted by molar-refractivity contribution is 6.35. The van der Waals surface area contributed by atoms with Crippen molar-refractivity contribution in [1.82, 2.24) is 9.88 Å². The highest BCUT2D eigenvalue weighted by Gasteiger charge is 2.33. The number of hydrogen-bond acceptors (Lipinski definition) is 5. The van der Waals surface area contributed by atoms with Gasteiger partial charge >= 0.3 is 0 Å². The Morgan fingerprint density at radius 2 is 2.19 bits per heavy atom. The molecule has 0 saturated heterocycles. The van der Waals surface area contributed by atoms with Crippen LogP contribution in [0.5, 0.6) is 5.75 Å². The molecule has 7 nitrogen and oxygen atoms in total. The molecule has 0 unspecified atom stereocenters. The highest BCUT2D eigenvalue weighted by atomic mass is 35.5. The van der Waals surface area contributed by atoms with Crippen molar-refractivity contribution in [3.63, 3.8) is 0 Å². The lowest BCUT2D eigenvalue weighted by molar-refractivity contribution is -0.137. The predicted molar refractivity (Wildman–Crippen MR) is 102 cm³/mol. The quantitative estimate of drug-likeness (QED) is 0.792. The number of benzene rings is 1. The van der Waals surface area contributed by atoms with Gasteiger partial charge in [-0.2, -0.15) is 0 Å². The van der Waals surface area contributed by atoms with Gasteiger partial charge in [-0.15, -0.1) is 0 Å². The minimum atomic E-state index is -0.590. The Bertz CT molecular complexity index is 958. The number of halogens is 1. The number of carbonyl (C=O) groups excluding carboxylic acids is 2. The third-order valence-electron chi connectivity index (χ3n) is 4.67. The number of amides is 2. The van der Waals surface area contributed by atoms with E-state index in [2.05, 4.69) is 4.98 Å². The Morgan fingerprint density at radius 1 is 1.44 bits per heavy atom. The van der Waals surface area contributed by atoms with E-state index in [0.29, 0.717) is 28.4 Å². The van der Waals surface area contributed by atoms with Crippen LogP contribution in [0.3, 0.4) is 0 Å². The second-order valence-corrected chi connectivity index (χ2v) is 6.64. The van der Waals surface area contributed by atoms with Crippen LogP contribution in [0.25, 0.3) is 17.0 Å². The lowest BCUT2D eigenvalue weighted by Crippen LogP contribution is -2.31. The lowest BCUT2D eigenvalue weighted by atomic mass is 9.98. The fraction of sp³-hybridized carbons (Fsp3) is 0.316. The fourth-order valence-corrected chi connectivity index (χ4v) is 3.73. The summed E-state index contributed by atoms with van der Waals surface area (Å²) in [6, 6.07) is 1.65. The number of nitrogens with zero attached hydrogens (tertiary/aromatic N) is 2. The molecule has 0 radical (unpaired) electrons. The number of primary amides is 1. The van der Waals surface area contributed by atoms with E-state index in [0.717, 1.165) is 16.5 Å². The van der Waals surface area contributed by atoms with Crippen molar-refractivity contribution in [2.75, 3.05) is 20.8 Å². The summed E-state index contributed by atoms with van der Waals surface area (Å²) in [5.41, 5.74) is 8.31. The average Bonchev–Trinajstić information content (AvgIpc) is 2.97. The first kappa shape index (κ1) is 19.1. The molecule has 3 rings (SSSR count). The van der Waals surface area contributed by atoms with Crippen molar-refractivity contribution in [3.05, 3.63) is 40.1 Å². The topological polar surface area (TPSA) is 94.8 Å². The van der Waals surface area contributed by atoms with Crippen molar-refractivity contribution in [3.8, 4) is 5.75 Å². The van der Waals surface area contributed by atoms with Gasteiger partial charge < -0.3 is 20.1 Å². The summed E-state index contributed by atoms with van der Waals surface area (Å²) in [7, 11) is 3.01. The SMILES string of the molecule is COCC(=O)N1Cc2cnc3c(C=CC(N)=O)c(Cl)c(OC)cc3c2[C@@H]1C. The molecule has 0 spiro atoms. The maximum absolute atomic E-state index is 12.4. The molecule has 2 heterocycles. The first-order valence-electron chi connectivity index (χ1n) is 8.32. The summed E-state index contributed by atoms with van der Waals surface area (Å²) in [5.74, 6) is -0.227. The Hall–Kier alpha value is -2.64. The molecule has 142 valence electrons. The Balaban J connectivity index is 2.21. The van der Waals surface area contributed by atoms with Crippen molar-refractivity contribution < 1.29 is 19.1 Å². The summed E-state index contributed by atoms with van der Waals surface area (Å²) in [5, 5.41) is 1.16. The molecule has 27 heavy (non-hydrogen) atoms. The van der Waals surface area contributed by atoms with Crippen LogP contribution in [0.4, 0.5) is 0 Å². The molecular weight excluding hydrogens is 370 g/mol. The Kier molecular flexibility index (Phi) is 5.34. The Labute approximate surface area is 161 Å². The third-order valence-corrected chi connectivity index (χ3v) is 5.06. The number of ether oxygens (including phenoxy) is 2. The van der Waals surface area contributed by atoms with Gasteiger partial charge in [0.05, 0.1) is 23.7 Å². The van der Waals surface area contributed by atoms with Crippen molar-refractivity contribution in [2.45, 2.75) is 19.5 Å². The second kappa shape index (κ2) is 7.54. The van der Waals surface area contributed by atoms with Crippen LogP contribution >= 0.6 is 11.6 Å². The second-order valence-electron chi connectivity index (χ2n) is 6.27. The number of fused-ring (bicyclic) bond motifs is 3. The predicted octanol–water partition coefficient (Wildman–Crippen LogP) is 2.44. The zero-order valence-corrected chi connectivity index (χ0v) is 16.0. The van der Waals surface area contributed by atoms with Crippen molar-refractivity contribution in [2.24, 2.45) is 5.73 Å². The first-order chi connectivity index (χ1) is 12.9. The molecule has 0 saturated carbocycles. The van der Waals surface area contributed by atoms with E-state index in [-0.39, 0.29) is 18.6 Å². The fourth-order valence-electron chi connectivity index (χ4n) is 3.45. The number of pyridine rings is 1. The normalized spacial score (nSPS) is 16.1. The van der Waals surface area contributed by atoms with Gasteiger partial charge in [0.15, 0.2) is 0 Å². The van der Waals surface area contributed by atoms with Gasteiger partial charge in [0.1, 0.15) is 12.4 Å². The molecule has 1 aliphatic rings. The van der Waals surface area contributed by atoms with E-state index in [4.69, 9.17) is 26.8 Å². The number of methoxy groups -OCH3 is 2. The number of carbonyl (C=O) groups is 2. The molecule has 1 aromatic heterocycles. The van der Waals surface area contributed by atoms with E-state index in [1.807, 2.05) is 13.0 Å². The zero-order chi connectivity index (χ0) is 19.7. The molecule has 8 heteroatoms. The van der Waals surface area contributed by atoms with Gasteiger partial charge in [-0.25, -0.2) is 0 Å². The van der Waals surface area contributed by atoms with Gasteiger partial charge in [0.2, 0.25) is 11.8 Å². The monoisotopic (exact) mass is 389 g/mol. The maximum atomic E-state index is 12.4. The molecule has 1 aromatic carbocycles. The molecule has 2 amide bonds. The molecule has 1 atom stereocenters. The van der Waals surface area contributed by atoms with Gasteiger partial charge in [0.25, 0.3) is 0 Å². The number of aromatic nitrogens is 1.